The van der Waals surface area contributed by atoms with Gasteiger partial charge in [0.05, 0.1) is 5.60 Å². The van der Waals surface area contributed by atoms with Crippen LogP contribution >= 0.6 is 0 Å². The third kappa shape index (κ3) is 1.92. The summed E-state index contributed by atoms with van der Waals surface area (Å²) in [5, 5.41) is 19.6. The average Bonchev–Trinajstić information content (AvgIpc) is 1.96. The van der Waals surface area contributed by atoms with Gasteiger partial charge in [0.1, 0.15) is 5.60 Å². The summed E-state index contributed by atoms with van der Waals surface area (Å²) < 4.78 is 0. The Kier molecular flexibility index (Phi) is 2.52. The van der Waals surface area contributed by atoms with E-state index in [4.69, 9.17) is 0 Å². The van der Waals surface area contributed by atoms with Crippen LogP contribution in [0.2, 0.25) is 0 Å². The number of ketones is 1. The zero-order valence-electron chi connectivity index (χ0n) is 8.50. The Morgan fingerprint density at radius 2 is 1.85 bits per heavy atom. The van der Waals surface area contributed by atoms with Crippen molar-refractivity contribution in [2.45, 2.75) is 51.2 Å². The minimum Gasteiger partial charge on any atom is -0.390 e. The van der Waals surface area contributed by atoms with E-state index in [-0.39, 0.29) is 18.1 Å². The molecule has 0 radical (unpaired) electrons. The normalized spacial score (nSPS) is 41.2. The maximum absolute atomic E-state index is 11.6. The Bertz CT molecular complexity index is 220. The first-order valence-electron chi connectivity index (χ1n) is 4.76. The van der Waals surface area contributed by atoms with E-state index in [1.54, 1.807) is 6.92 Å². The molecule has 2 N–H and O–H groups in total. The molecule has 0 amide bonds. The molecule has 0 heterocycles. The van der Waals surface area contributed by atoms with E-state index in [9.17, 15) is 15.0 Å². The molecule has 2 unspecified atom stereocenters. The molecule has 1 fully saturated rings. The molecule has 0 aromatic carbocycles. The lowest BCUT2D eigenvalue weighted by atomic mass is 9.71. The van der Waals surface area contributed by atoms with Gasteiger partial charge in [-0.3, -0.25) is 4.79 Å². The predicted octanol–water partition coefficient (Wildman–Crippen LogP) is 0.877. The van der Waals surface area contributed by atoms with Gasteiger partial charge >= 0.3 is 0 Å². The van der Waals surface area contributed by atoms with Gasteiger partial charge < -0.3 is 10.2 Å². The number of carbonyl (C=O) groups excluding carboxylic acids is 1. The molecule has 0 saturated heterocycles. The topological polar surface area (TPSA) is 57.5 Å². The van der Waals surface area contributed by atoms with Gasteiger partial charge in [0.25, 0.3) is 0 Å². The molecule has 0 aliphatic heterocycles. The van der Waals surface area contributed by atoms with Gasteiger partial charge in [0.15, 0.2) is 5.78 Å². The van der Waals surface area contributed by atoms with Crippen LogP contribution < -0.4 is 0 Å². The van der Waals surface area contributed by atoms with E-state index < -0.39 is 11.2 Å². The van der Waals surface area contributed by atoms with Gasteiger partial charge in [-0.2, -0.15) is 0 Å². The second-order valence-electron chi connectivity index (χ2n) is 4.68. The second-order valence-corrected chi connectivity index (χ2v) is 4.68. The fourth-order valence-corrected chi connectivity index (χ4v) is 1.80. The molecule has 1 aliphatic rings. The average molecular weight is 186 g/mol. The van der Waals surface area contributed by atoms with Gasteiger partial charge in [-0.05, 0) is 25.7 Å². The third-order valence-electron chi connectivity index (χ3n) is 3.02. The lowest BCUT2D eigenvalue weighted by molar-refractivity contribution is -0.157. The van der Waals surface area contributed by atoms with Crippen LogP contribution in [0.25, 0.3) is 0 Å². The van der Waals surface area contributed by atoms with Crippen molar-refractivity contribution in [3.05, 3.63) is 0 Å². The van der Waals surface area contributed by atoms with Crippen LogP contribution in [0.1, 0.15) is 40.0 Å². The van der Waals surface area contributed by atoms with Gasteiger partial charge in [-0.1, -0.05) is 13.8 Å². The Balaban J connectivity index is 2.80. The first-order valence-corrected chi connectivity index (χ1v) is 4.76. The summed E-state index contributed by atoms with van der Waals surface area (Å²) in [7, 11) is 0. The Morgan fingerprint density at radius 3 is 2.23 bits per heavy atom. The van der Waals surface area contributed by atoms with Crippen molar-refractivity contribution in [2.75, 3.05) is 0 Å². The Labute approximate surface area is 78.8 Å². The molecule has 0 spiro atoms. The molecule has 13 heavy (non-hydrogen) atoms. The standard InChI is InChI=1S/C10H18O3/c1-7(2)10(13)5-4-9(3,12)6-8(10)11/h7,12-13H,4-6H2,1-3H3. The Morgan fingerprint density at radius 1 is 1.31 bits per heavy atom. The van der Waals surface area contributed by atoms with Crippen molar-refractivity contribution in [3.63, 3.8) is 0 Å². The quantitative estimate of drug-likeness (QED) is 0.639. The summed E-state index contributed by atoms with van der Waals surface area (Å²) in [5.74, 6) is -0.296. The highest BCUT2D eigenvalue weighted by molar-refractivity contribution is 5.89. The van der Waals surface area contributed by atoms with Gasteiger partial charge in [0, 0.05) is 6.42 Å². The monoisotopic (exact) mass is 186 g/mol. The van der Waals surface area contributed by atoms with Crippen LogP contribution in [-0.2, 0) is 4.79 Å². The van der Waals surface area contributed by atoms with Crippen molar-refractivity contribution in [1.29, 1.82) is 0 Å². The van der Waals surface area contributed by atoms with Crippen LogP contribution in [0.5, 0.6) is 0 Å². The van der Waals surface area contributed by atoms with Gasteiger partial charge in [-0.25, -0.2) is 0 Å². The van der Waals surface area contributed by atoms with E-state index in [2.05, 4.69) is 0 Å². The van der Waals surface area contributed by atoms with Crippen molar-refractivity contribution >= 4 is 5.78 Å². The number of rotatable bonds is 1. The summed E-state index contributed by atoms with van der Waals surface area (Å²) in [6.07, 6.45) is 0.936. The summed E-state index contributed by atoms with van der Waals surface area (Å²) >= 11 is 0. The number of hydrogen-bond donors (Lipinski definition) is 2. The first kappa shape index (κ1) is 10.7. The molecular formula is C10H18O3. The fraction of sp³-hybridized carbons (Fsp3) is 0.900. The lowest BCUT2D eigenvalue weighted by Crippen LogP contribution is -2.52. The van der Waals surface area contributed by atoms with Crippen molar-refractivity contribution in [3.8, 4) is 0 Å². The minimum absolute atomic E-state index is 0.0711. The van der Waals surface area contributed by atoms with Gasteiger partial charge in [-0.15, -0.1) is 0 Å². The molecule has 0 aromatic heterocycles. The highest BCUT2D eigenvalue weighted by atomic mass is 16.3. The van der Waals surface area contributed by atoms with E-state index in [1.165, 1.54) is 0 Å². The summed E-state index contributed by atoms with van der Waals surface area (Å²) in [5.41, 5.74) is -2.12. The van der Waals surface area contributed by atoms with Crippen molar-refractivity contribution in [2.24, 2.45) is 5.92 Å². The van der Waals surface area contributed by atoms with E-state index >= 15 is 0 Å². The van der Waals surface area contributed by atoms with Crippen LogP contribution in [0.4, 0.5) is 0 Å². The highest BCUT2D eigenvalue weighted by Gasteiger charge is 2.46. The molecule has 2 atom stereocenters. The zero-order chi connectivity index (χ0) is 10.3. The van der Waals surface area contributed by atoms with Crippen LogP contribution in [0, 0.1) is 5.92 Å². The zero-order valence-corrected chi connectivity index (χ0v) is 8.50. The molecule has 1 rings (SSSR count). The molecule has 1 aliphatic carbocycles. The Hall–Kier alpha value is -0.410. The highest BCUT2D eigenvalue weighted by Crippen LogP contribution is 2.36. The van der Waals surface area contributed by atoms with Gasteiger partial charge in [0.2, 0.25) is 0 Å². The summed E-state index contributed by atoms with van der Waals surface area (Å²) in [4.78, 5) is 11.6. The number of hydrogen-bond acceptors (Lipinski definition) is 3. The van der Waals surface area contributed by atoms with E-state index in [1.807, 2.05) is 13.8 Å². The van der Waals surface area contributed by atoms with Crippen LogP contribution in [0.3, 0.4) is 0 Å². The van der Waals surface area contributed by atoms with Crippen molar-refractivity contribution in [1.82, 2.24) is 0 Å². The third-order valence-corrected chi connectivity index (χ3v) is 3.02. The molecule has 0 aromatic rings. The number of carbonyl (C=O) groups is 1. The second kappa shape index (κ2) is 3.07. The van der Waals surface area contributed by atoms with E-state index in [0.29, 0.717) is 12.8 Å². The SMILES string of the molecule is CC(C)C1(O)CCC(C)(O)CC1=O. The van der Waals surface area contributed by atoms with Crippen molar-refractivity contribution < 1.29 is 15.0 Å². The maximum Gasteiger partial charge on any atom is 0.167 e. The van der Waals surface area contributed by atoms with E-state index in [0.717, 1.165) is 0 Å². The summed E-state index contributed by atoms with van der Waals surface area (Å²) in [6, 6.07) is 0. The van der Waals surface area contributed by atoms with Crippen LogP contribution in [0.15, 0.2) is 0 Å². The minimum atomic E-state index is -1.21. The molecule has 0 bridgehead atoms. The number of Topliss-reactive ketones (excluding diaryl/α,β-unsaturated/α-hetero) is 1. The molecule has 1 saturated carbocycles. The van der Waals surface area contributed by atoms with Crippen LogP contribution in [-0.4, -0.2) is 27.2 Å². The summed E-state index contributed by atoms with van der Waals surface area (Å²) in [6.45, 7) is 5.31. The molecule has 3 nitrogen and oxygen atoms in total. The smallest absolute Gasteiger partial charge is 0.167 e. The molecular weight excluding hydrogens is 168 g/mol. The number of aliphatic hydroxyl groups is 2. The lowest BCUT2D eigenvalue weighted by Gasteiger charge is -2.40. The predicted molar refractivity (Wildman–Crippen MR) is 49.3 cm³/mol. The molecule has 76 valence electrons. The maximum atomic E-state index is 11.6. The first-order chi connectivity index (χ1) is 5.78. The fourth-order valence-electron chi connectivity index (χ4n) is 1.80. The molecule has 3 heteroatoms. The largest absolute Gasteiger partial charge is 0.390 e.